The SMILES string of the molecule is O=c1c2cc(Nc3ccccc3)ccc2nc(-c2ccc(OCCO)cc2F)n1CC1CCCN(CC2CCC2)C1. The maximum absolute atomic E-state index is 15.5. The molecule has 1 saturated carbocycles. The van der Waals surface area contributed by atoms with E-state index in [4.69, 9.17) is 14.8 Å². The number of para-hydroxylation sites is 1. The number of aliphatic hydroxyl groups excluding tert-OH is 1. The van der Waals surface area contributed by atoms with Crippen LogP contribution in [-0.2, 0) is 6.54 Å². The molecule has 6 rings (SSSR count). The van der Waals surface area contributed by atoms with Crippen molar-refractivity contribution in [3.63, 3.8) is 0 Å². The van der Waals surface area contributed by atoms with Crippen LogP contribution in [0.5, 0.6) is 5.75 Å². The summed E-state index contributed by atoms with van der Waals surface area (Å²) in [5.74, 6) is 1.21. The number of aromatic nitrogens is 2. The van der Waals surface area contributed by atoms with Gasteiger partial charge < -0.3 is 20.1 Å². The number of halogens is 1. The Kier molecular flexibility index (Phi) is 8.30. The van der Waals surface area contributed by atoms with E-state index in [1.807, 2.05) is 48.5 Å². The Morgan fingerprint density at radius 1 is 0.951 bits per heavy atom. The van der Waals surface area contributed by atoms with Crippen LogP contribution in [0.15, 0.2) is 71.5 Å². The number of anilines is 2. The molecule has 2 N–H and O–H groups in total. The number of rotatable bonds is 10. The van der Waals surface area contributed by atoms with Crippen molar-refractivity contribution in [3.8, 4) is 17.1 Å². The zero-order valence-electron chi connectivity index (χ0n) is 23.3. The topological polar surface area (TPSA) is 79.6 Å². The molecule has 4 aromatic rings. The first-order valence-electron chi connectivity index (χ1n) is 14.7. The second-order valence-corrected chi connectivity index (χ2v) is 11.4. The van der Waals surface area contributed by atoms with Crippen molar-refractivity contribution < 1.29 is 14.2 Å². The molecule has 0 radical (unpaired) electrons. The Labute approximate surface area is 239 Å². The maximum atomic E-state index is 15.5. The average molecular weight is 557 g/mol. The molecule has 2 fully saturated rings. The molecule has 2 heterocycles. The number of likely N-dealkylation sites (tertiary alicyclic amines) is 1. The van der Waals surface area contributed by atoms with Crippen molar-refractivity contribution in [2.24, 2.45) is 11.8 Å². The van der Waals surface area contributed by atoms with Crippen LogP contribution in [0, 0.1) is 17.7 Å². The van der Waals surface area contributed by atoms with E-state index in [-0.39, 0.29) is 30.3 Å². The average Bonchev–Trinajstić information content (AvgIpc) is 2.96. The van der Waals surface area contributed by atoms with Crippen molar-refractivity contribution in [1.82, 2.24) is 14.5 Å². The molecule has 0 spiro atoms. The van der Waals surface area contributed by atoms with E-state index in [2.05, 4.69) is 10.2 Å². The van der Waals surface area contributed by atoms with Crippen molar-refractivity contribution >= 4 is 22.3 Å². The summed E-state index contributed by atoms with van der Waals surface area (Å²) in [6.45, 7) is 3.57. The monoisotopic (exact) mass is 556 g/mol. The summed E-state index contributed by atoms with van der Waals surface area (Å²) in [6.07, 6.45) is 6.09. The van der Waals surface area contributed by atoms with E-state index in [0.717, 1.165) is 49.8 Å². The largest absolute Gasteiger partial charge is 0.491 e. The highest BCUT2D eigenvalue weighted by atomic mass is 19.1. The molecule has 1 saturated heterocycles. The van der Waals surface area contributed by atoms with Gasteiger partial charge in [-0.1, -0.05) is 24.6 Å². The quantitative estimate of drug-likeness (QED) is 0.256. The van der Waals surface area contributed by atoms with Crippen LogP contribution in [-0.4, -0.2) is 52.4 Å². The molecule has 0 amide bonds. The van der Waals surface area contributed by atoms with Crippen LogP contribution in [0.1, 0.15) is 32.1 Å². The molecule has 7 nitrogen and oxygen atoms in total. The fourth-order valence-corrected chi connectivity index (χ4v) is 6.06. The van der Waals surface area contributed by atoms with Gasteiger partial charge in [-0.15, -0.1) is 0 Å². The van der Waals surface area contributed by atoms with Crippen LogP contribution < -0.4 is 15.6 Å². The van der Waals surface area contributed by atoms with E-state index >= 15 is 4.39 Å². The lowest BCUT2D eigenvalue weighted by molar-refractivity contribution is 0.117. The van der Waals surface area contributed by atoms with Gasteiger partial charge in [0.1, 0.15) is 24.0 Å². The van der Waals surface area contributed by atoms with Gasteiger partial charge in [0.05, 0.1) is 23.1 Å². The van der Waals surface area contributed by atoms with Gasteiger partial charge in [-0.25, -0.2) is 9.37 Å². The summed E-state index contributed by atoms with van der Waals surface area (Å²) in [5, 5.41) is 12.9. The first kappa shape index (κ1) is 27.4. The minimum atomic E-state index is -0.516. The Balaban J connectivity index is 1.37. The minimum Gasteiger partial charge on any atom is -0.491 e. The maximum Gasteiger partial charge on any atom is 0.261 e. The molecule has 1 atom stereocenters. The van der Waals surface area contributed by atoms with E-state index in [9.17, 15) is 4.79 Å². The molecule has 214 valence electrons. The number of nitrogens with one attached hydrogen (secondary N) is 1. The smallest absolute Gasteiger partial charge is 0.261 e. The van der Waals surface area contributed by atoms with Crippen LogP contribution in [0.3, 0.4) is 0 Å². The van der Waals surface area contributed by atoms with E-state index in [1.54, 1.807) is 16.7 Å². The molecule has 0 bridgehead atoms. The van der Waals surface area contributed by atoms with Gasteiger partial charge >= 0.3 is 0 Å². The Morgan fingerprint density at radius 3 is 2.54 bits per heavy atom. The number of piperidine rings is 1. The highest BCUT2D eigenvalue weighted by Crippen LogP contribution is 2.31. The second-order valence-electron chi connectivity index (χ2n) is 11.4. The van der Waals surface area contributed by atoms with Crippen molar-refractivity contribution in [2.45, 2.75) is 38.6 Å². The third-order valence-corrected chi connectivity index (χ3v) is 8.34. The van der Waals surface area contributed by atoms with Gasteiger partial charge in [-0.05, 0) is 86.5 Å². The van der Waals surface area contributed by atoms with Crippen LogP contribution in [0.4, 0.5) is 15.8 Å². The molecule has 1 aliphatic carbocycles. The second kappa shape index (κ2) is 12.4. The molecule has 1 unspecified atom stereocenters. The molecular formula is C33H37FN4O3. The number of fused-ring (bicyclic) bond motifs is 1. The molecule has 3 aromatic carbocycles. The summed E-state index contributed by atoms with van der Waals surface area (Å²) in [6, 6.07) is 19.9. The Bertz CT molecular complexity index is 1550. The number of hydrogen-bond donors (Lipinski definition) is 2. The fraction of sp³-hybridized carbons (Fsp3) is 0.394. The first-order chi connectivity index (χ1) is 20.1. The number of nitrogens with zero attached hydrogens (tertiary/aromatic N) is 3. The lowest BCUT2D eigenvalue weighted by atomic mass is 9.84. The Hall–Kier alpha value is -3.75. The van der Waals surface area contributed by atoms with Crippen LogP contribution in [0.2, 0.25) is 0 Å². The summed E-state index contributed by atoms with van der Waals surface area (Å²) in [4.78, 5) is 21.6. The fourth-order valence-electron chi connectivity index (χ4n) is 6.06. The summed E-state index contributed by atoms with van der Waals surface area (Å²) >= 11 is 0. The van der Waals surface area contributed by atoms with Crippen LogP contribution >= 0.6 is 0 Å². The van der Waals surface area contributed by atoms with Crippen molar-refractivity contribution in [1.29, 1.82) is 0 Å². The van der Waals surface area contributed by atoms with Gasteiger partial charge in [0.2, 0.25) is 0 Å². The normalized spacial score (nSPS) is 17.9. The van der Waals surface area contributed by atoms with Gasteiger partial charge in [0, 0.05) is 37.1 Å². The van der Waals surface area contributed by atoms with Crippen molar-refractivity contribution in [2.75, 3.05) is 38.2 Å². The number of hydrogen-bond acceptors (Lipinski definition) is 6. The summed E-state index contributed by atoms with van der Waals surface area (Å²) in [5.41, 5.74) is 2.33. The predicted octanol–water partition coefficient (Wildman–Crippen LogP) is 5.83. The molecule has 1 aromatic heterocycles. The highest BCUT2D eigenvalue weighted by molar-refractivity contribution is 5.84. The molecule has 8 heteroatoms. The van der Waals surface area contributed by atoms with E-state index < -0.39 is 5.82 Å². The van der Waals surface area contributed by atoms with Crippen LogP contribution in [0.25, 0.3) is 22.3 Å². The minimum absolute atomic E-state index is 0.0795. The van der Waals surface area contributed by atoms with Gasteiger partial charge in [0.25, 0.3) is 5.56 Å². The standard InChI is InChI=1S/C33H37FN4O3/c34-30-19-27(41-17-16-39)12-13-28(30)32-36-31-14-11-26(35-25-9-2-1-3-10-25)18-29(31)33(40)38(32)22-24-8-5-15-37(21-24)20-23-6-4-7-23/h1-3,9-14,18-19,23-24,35,39H,4-8,15-17,20-22H2. The highest BCUT2D eigenvalue weighted by Gasteiger charge is 2.27. The lowest BCUT2D eigenvalue weighted by Gasteiger charge is -2.37. The van der Waals surface area contributed by atoms with Gasteiger partial charge in [0.15, 0.2) is 0 Å². The summed E-state index contributed by atoms with van der Waals surface area (Å²) in [7, 11) is 0. The summed E-state index contributed by atoms with van der Waals surface area (Å²) < 4.78 is 22.6. The Morgan fingerprint density at radius 2 is 1.78 bits per heavy atom. The van der Waals surface area contributed by atoms with Gasteiger partial charge in [-0.3, -0.25) is 9.36 Å². The molecule has 41 heavy (non-hydrogen) atoms. The third kappa shape index (κ3) is 6.29. The molecular weight excluding hydrogens is 519 g/mol. The van der Waals surface area contributed by atoms with Crippen molar-refractivity contribution in [3.05, 3.63) is 82.9 Å². The number of ether oxygens (including phenoxy) is 1. The lowest BCUT2D eigenvalue weighted by Crippen LogP contribution is -2.42. The first-order valence-corrected chi connectivity index (χ1v) is 14.7. The third-order valence-electron chi connectivity index (χ3n) is 8.34. The number of aliphatic hydroxyl groups is 1. The number of benzene rings is 3. The molecule has 1 aliphatic heterocycles. The zero-order valence-corrected chi connectivity index (χ0v) is 23.3. The van der Waals surface area contributed by atoms with E-state index in [0.29, 0.717) is 29.0 Å². The van der Waals surface area contributed by atoms with E-state index in [1.165, 1.54) is 25.3 Å². The molecule has 2 aliphatic rings. The zero-order chi connectivity index (χ0) is 28.2. The van der Waals surface area contributed by atoms with Gasteiger partial charge in [-0.2, -0.15) is 0 Å². The predicted molar refractivity (Wildman–Crippen MR) is 160 cm³/mol.